The van der Waals surface area contributed by atoms with E-state index in [4.69, 9.17) is 0 Å². The summed E-state index contributed by atoms with van der Waals surface area (Å²) in [5.41, 5.74) is 1.08. The highest BCUT2D eigenvalue weighted by Crippen LogP contribution is 2.26. The largest absolute Gasteiger partial charge is 0.393 e. The number of nitrogens with one attached hydrogen (secondary N) is 1. The van der Waals surface area contributed by atoms with Crippen molar-refractivity contribution in [2.45, 2.75) is 37.8 Å². The summed E-state index contributed by atoms with van der Waals surface area (Å²) in [6.45, 7) is 0. The van der Waals surface area contributed by atoms with E-state index in [0.29, 0.717) is 6.04 Å². The van der Waals surface area contributed by atoms with Crippen molar-refractivity contribution in [3.05, 3.63) is 18.3 Å². The zero-order chi connectivity index (χ0) is 12.3. The van der Waals surface area contributed by atoms with E-state index < -0.39 is 0 Å². The van der Waals surface area contributed by atoms with Crippen LogP contribution in [0.25, 0.3) is 0 Å². The van der Waals surface area contributed by atoms with Crippen molar-refractivity contribution >= 4 is 11.5 Å². The smallest absolute Gasteiger partial charge is 0.151 e. The molecule has 0 radical (unpaired) electrons. The van der Waals surface area contributed by atoms with Crippen LogP contribution in [0.15, 0.2) is 18.3 Å². The highest BCUT2D eigenvalue weighted by atomic mass is 16.3. The molecule has 4 heteroatoms. The molecular formula is C13H21N3O. The Balaban J connectivity index is 2.03. The molecule has 1 aromatic rings. The van der Waals surface area contributed by atoms with Crippen LogP contribution in [0.4, 0.5) is 11.5 Å². The average molecular weight is 235 g/mol. The lowest BCUT2D eigenvalue weighted by Gasteiger charge is -2.28. The van der Waals surface area contributed by atoms with Gasteiger partial charge in [-0.3, -0.25) is 0 Å². The summed E-state index contributed by atoms with van der Waals surface area (Å²) in [5.74, 6) is 0.971. The lowest BCUT2D eigenvalue weighted by molar-refractivity contribution is 0.126. The molecule has 1 fully saturated rings. The van der Waals surface area contributed by atoms with Crippen molar-refractivity contribution < 1.29 is 5.11 Å². The monoisotopic (exact) mass is 235 g/mol. The summed E-state index contributed by atoms with van der Waals surface area (Å²) >= 11 is 0. The molecule has 0 aromatic carbocycles. The van der Waals surface area contributed by atoms with Gasteiger partial charge >= 0.3 is 0 Å². The Morgan fingerprint density at radius 2 is 2.00 bits per heavy atom. The van der Waals surface area contributed by atoms with Gasteiger partial charge in [0, 0.05) is 26.3 Å². The van der Waals surface area contributed by atoms with Crippen molar-refractivity contribution in [1.82, 2.24) is 4.98 Å². The number of rotatable bonds is 3. The van der Waals surface area contributed by atoms with Gasteiger partial charge in [-0.05, 0) is 37.8 Å². The number of hydrogen-bond acceptors (Lipinski definition) is 4. The third-order valence-corrected chi connectivity index (χ3v) is 3.27. The molecule has 0 saturated heterocycles. The predicted molar refractivity (Wildman–Crippen MR) is 70.4 cm³/mol. The molecule has 0 amide bonds. The van der Waals surface area contributed by atoms with Crippen LogP contribution < -0.4 is 10.2 Å². The SMILES string of the molecule is CN(C)c1ncccc1NC1CCC(O)CC1. The minimum atomic E-state index is -0.102. The average Bonchev–Trinajstić information content (AvgIpc) is 2.32. The third-order valence-electron chi connectivity index (χ3n) is 3.27. The molecular weight excluding hydrogens is 214 g/mol. The molecule has 2 N–H and O–H groups in total. The van der Waals surface area contributed by atoms with Gasteiger partial charge in [-0.25, -0.2) is 4.98 Å². The first-order valence-corrected chi connectivity index (χ1v) is 6.24. The summed E-state index contributed by atoms with van der Waals surface area (Å²) in [6, 6.07) is 4.47. The standard InChI is InChI=1S/C13H21N3O/c1-16(2)13-12(4-3-9-14-13)15-10-5-7-11(17)8-6-10/h3-4,9-11,15,17H,5-8H2,1-2H3. The van der Waals surface area contributed by atoms with Crippen LogP contribution in [0.3, 0.4) is 0 Å². The molecule has 0 atom stereocenters. The molecule has 0 spiro atoms. The van der Waals surface area contributed by atoms with Crippen molar-refractivity contribution in [2.24, 2.45) is 0 Å². The highest BCUT2D eigenvalue weighted by Gasteiger charge is 2.20. The van der Waals surface area contributed by atoms with Gasteiger partial charge in [0.1, 0.15) is 0 Å². The van der Waals surface area contributed by atoms with Gasteiger partial charge in [-0.1, -0.05) is 0 Å². The predicted octanol–water partition coefficient (Wildman–Crippen LogP) is 1.86. The Morgan fingerprint density at radius 1 is 1.29 bits per heavy atom. The minimum absolute atomic E-state index is 0.102. The number of nitrogens with zero attached hydrogens (tertiary/aromatic N) is 2. The summed E-state index contributed by atoms with van der Waals surface area (Å²) < 4.78 is 0. The zero-order valence-electron chi connectivity index (χ0n) is 10.6. The maximum absolute atomic E-state index is 9.49. The maximum Gasteiger partial charge on any atom is 0.151 e. The van der Waals surface area contributed by atoms with Crippen molar-refractivity contribution in [3.63, 3.8) is 0 Å². The molecule has 0 unspecified atom stereocenters. The van der Waals surface area contributed by atoms with Crippen LogP contribution in [0, 0.1) is 0 Å². The second-order valence-corrected chi connectivity index (χ2v) is 4.92. The molecule has 1 aliphatic rings. The Bertz CT molecular complexity index is 359. The zero-order valence-corrected chi connectivity index (χ0v) is 10.6. The van der Waals surface area contributed by atoms with E-state index in [1.54, 1.807) is 0 Å². The third kappa shape index (κ3) is 3.09. The minimum Gasteiger partial charge on any atom is -0.393 e. The van der Waals surface area contributed by atoms with Crippen LogP contribution in [0.5, 0.6) is 0 Å². The fourth-order valence-corrected chi connectivity index (χ4v) is 2.31. The van der Waals surface area contributed by atoms with Crippen LogP contribution in [-0.2, 0) is 0 Å². The van der Waals surface area contributed by atoms with E-state index in [0.717, 1.165) is 37.2 Å². The van der Waals surface area contributed by atoms with E-state index in [9.17, 15) is 5.11 Å². The fraction of sp³-hybridized carbons (Fsp3) is 0.615. The summed E-state index contributed by atoms with van der Waals surface area (Å²) in [6.07, 6.45) is 5.57. The van der Waals surface area contributed by atoms with Crippen molar-refractivity contribution in [3.8, 4) is 0 Å². The second-order valence-electron chi connectivity index (χ2n) is 4.92. The first kappa shape index (κ1) is 12.2. The topological polar surface area (TPSA) is 48.4 Å². The number of pyridine rings is 1. The molecule has 4 nitrogen and oxygen atoms in total. The van der Waals surface area contributed by atoms with Gasteiger partial charge in [0.15, 0.2) is 5.82 Å². The normalized spacial score (nSPS) is 24.4. The molecule has 0 bridgehead atoms. The number of aliphatic hydroxyl groups is 1. The van der Waals surface area contributed by atoms with Crippen LogP contribution in [0.1, 0.15) is 25.7 Å². The van der Waals surface area contributed by atoms with Gasteiger partial charge in [-0.2, -0.15) is 0 Å². The molecule has 94 valence electrons. The number of hydrogen-bond donors (Lipinski definition) is 2. The number of aliphatic hydroxyl groups excluding tert-OH is 1. The van der Waals surface area contributed by atoms with Gasteiger partial charge < -0.3 is 15.3 Å². The van der Waals surface area contributed by atoms with Gasteiger partial charge in [0.05, 0.1) is 11.8 Å². The Morgan fingerprint density at radius 3 is 2.65 bits per heavy atom. The first-order valence-electron chi connectivity index (χ1n) is 6.24. The molecule has 1 saturated carbocycles. The summed E-state index contributed by atoms with van der Waals surface area (Å²) in [7, 11) is 4.00. The summed E-state index contributed by atoms with van der Waals surface area (Å²) in [5, 5.41) is 13.0. The number of aromatic nitrogens is 1. The fourth-order valence-electron chi connectivity index (χ4n) is 2.31. The van der Waals surface area contributed by atoms with Gasteiger partial charge in [-0.15, -0.1) is 0 Å². The molecule has 0 aliphatic heterocycles. The van der Waals surface area contributed by atoms with E-state index >= 15 is 0 Å². The van der Waals surface area contributed by atoms with Crippen LogP contribution in [-0.4, -0.2) is 36.3 Å². The van der Waals surface area contributed by atoms with Gasteiger partial charge in [0.25, 0.3) is 0 Å². The first-order chi connectivity index (χ1) is 8.16. The van der Waals surface area contributed by atoms with E-state index in [-0.39, 0.29) is 6.10 Å². The van der Waals surface area contributed by atoms with E-state index in [2.05, 4.69) is 16.4 Å². The quantitative estimate of drug-likeness (QED) is 0.839. The second kappa shape index (κ2) is 5.36. The Kier molecular flexibility index (Phi) is 3.84. The Labute approximate surface area is 103 Å². The summed E-state index contributed by atoms with van der Waals surface area (Å²) in [4.78, 5) is 6.39. The molecule has 1 aromatic heterocycles. The lowest BCUT2D eigenvalue weighted by atomic mass is 9.93. The molecule has 2 rings (SSSR count). The van der Waals surface area contributed by atoms with E-state index in [1.807, 2.05) is 31.3 Å². The number of anilines is 2. The van der Waals surface area contributed by atoms with Crippen molar-refractivity contribution in [2.75, 3.05) is 24.3 Å². The van der Waals surface area contributed by atoms with Crippen LogP contribution >= 0.6 is 0 Å². The van der Waals surface area contributed by atoms with Crippen molar-refractivity contribution in [1.29, 1.82) is 0 Å². The van der Waals surface area contributed by atoms with Gasteiger partial charge in [0.2, 0.25) is 0 Å². The Hall–Kier alpha value is -1.29. The highest BCUT2D eigenvalue weighted by molar-refractivity contribution is 5.65. The van der Waals surface area contributed by atoms with E-state index in [1.165, 1.54) is 0 Å². The molecule has 17 heavy (non-hydrogen) atoms. The van der Waals surface area contributed by atoms with Crippen LogP contribution in [0.2, 0.25) is 0 Å². The lowest BCUT2D eigenvalue weighted by Crippen LogP contribution is -2.29. The molecule has 1 aliphatic carbocycles. The maximum atomic E-state index is 9.49. The molecule has 1 heterocycles.